The zero-order valence-electron chi connectivity index (χ0n) is 17.3. The molecule has 0 atom stereocenters. The van der Waals surface area contributed by atoms with E-state index in [-0.39, 0.29) is 17.3 Å². The van der Waals surface area contributed by atoms with Crippen molar-refractivity contribution in [3.8, 4) is 11.5 Å². The van der Waals surface area contributed by atoms with Gasteiger partial charge in [0.1, 0.15) is 0 Å². The Morgan fingerprint density at radius 3 is 2.41 bits per heavy atom. The zero-order chi connectivity index (χ0) is 22.7. The molecule has 0 spiro atoms. The van der Waals surface area contributed by atoms with Gasteiger partial charge < -0.3 is 14.2 Å². The number of methoxy groups -OCH3 is 1. The Labute approximate surface area is 189 Å². The van der Waals surface area contributed by atoms with Crippen LogP contribution in [0.5, 0.6) is 11.5 Å². The third-order valence-electron chi connectivity index (χ3n) is 4.69. The van der Waals surface area contributed by atoms with Crippen LogP contribution < -0.4 is 9.47 Å². The van der Waals surface area contributed by atoms with Crippen molar-refractivity contribution in [3.63, 3.8) is 0 Å². The number of cyclic esters (lactones) is 1. The molecule has 7 heteroatoms. The SMILES string of the molecule is COc1cc(/C=C2/N=C(c3ccc(C)cc3)OC2=O)ccc1OC(=O)c1ccc(Cl)cc1. The lowest BCUT2D eigenvalue weighted by atomic mass is 10.1. The van der Waals surface area contributed by atoms with E-state index >= 15 is 0 Å². The number of nitrogens with zero attached hydrogens (tertiary/aromatic N) is 1. The highest BCUT2D eigenvalue weighted by Crippen LogP contribution is 2.30. The molecule has 32 heavy (non-hydrogen) atoms. The highest BCUT2D eigenvalue weighted by molar-refractivity contribution is 6.30. The van der Waals surface area contributed by atoms with Gasteiger partial charge in [-0.05, 0) is 67.1 Å². The van der Waals surface area contributed by atoms with Crippen molar-refractivity contribution in [2.24, 2.45) is 4.99 Å². The molecule has 0 unspecified atom stereocenters. The first-order valence-corrected chi connectivity index (χ1v) is 10.1. The van der Waals surface area contributed by atoms with Crippen LogP contribution in [0, 0.1) is 6.92 Å². The molecule has 3 aromatic carbocycles. The average Bonchev–Trinajstić information content (AvgIpc) is 3.15. The van der Waals surface area contributed by atoms with Gasteiger partial charge in [-0.25, -0.2) is 14.6 Å². The van der Waals surface area contributed by atoms with Gasteiger partial charge in [0, 0.05) is 10.6 Å². The second kappa shape index (κ2) is 9.08. The molecule has 0 aromatic heterocycles. The van der Waals surface area contributed by atoms with Crippen LogP contribution in [0.3, 0.4) is 0 Å². The number of hydrogen-bond donors (Lipinski definition) is 0. The van der Waals surface area contributed by atoms with E-state index in [1.54, 1.807) is 48.5 Å². The summed E-state index contributed by atoms with van der Waals surface area (Å²) in [5.41, 5.74) is 2.96. The Morgan fingerprint density at radius 2 is 1.72 bits per heavy atom. The largest absolute Gasteiger partial charge is 0.493 e. The van der Waals surface area contributed by atoms with Crippen LogP contribution in [0.4, 0.5) is 0 Å². The standard InChI is InChI=1S/C25H18ClNO5/c1-15-3-6-17(7-4-15)23-27-20(25(29)32-23)13-16-5-12-21(22(14-16)30-2)31-24(28)18-8-10-19(26)11-9-18/h3-14H,1-2H3/b20-13+. The van der Waals surface area contributed by atoms with Gasteiger partial charge in [-0.15, -0.1) is 0 Å². The quantitative estimate of drug-likeness (QED) is 0.304. The van der Waals surface area contributed by atoms with E-state index in [2.05, 4.69) is 4.99 Å². The molecule has 0 aliphatic carbocycles. The summed E-state index contributed by atoms with van der Waals surface area (Å²) >= 11 is 5.85. The van der Waals surface area contributed by atoms with Crippen molar-refractivity contribution < 1.29 is 23.8 Å². The van der Waals surface area contributed by atoms with Crippen LogP contribution in [0.1, 0.15) is 27.0 Å². The second-order valence-corrected chi connectivity index (χ2v) is 7.45. The van der Waals surface area contributed by atoms with Gasteiger partial charge in [0.15, 0.2) is 17.2 Å². The average molecular weight is 448 g/mol. The van der Waals surface area contributed by atoms with Gasteiger partial charge in [0.25, 0.3) is 0 Å². The Hall–Kier alpha value is -3.90. The molecule has 0 N–H and O–H groups in total. The second-order valence-electron chi connectivity index (χ2n) is 7.01. The van der Waals surface area contributed by atoms with E-state index in [9.17, 15) is 9.59 Å². The topological polar surface area (TPSA) is 74.2 Å². The van der Waals surface area contributed by atoms with Gasteiger partial charge in [-0.1, -0.05) is 35.4 Å². The highest BCUT2D eigenvalue weighted by atomic mass is 35.5. The van der Waals surface area contributed by atoms with Gasteiger partial charge in [0.2, 0.25) is 5.90 Å². The van der Waals surface area contributed by atoms with E-state index in [1.165, 1.54) is 7.11 Å². The molecule has 3 aromatic rings. The molecule has 1 aliphatic heterocycles. The molecule has 0 saturated carbocycles. The molecule has 6 nitrogen and oxygen atoms in total. The first-order chi connectivity index (χ1) is 15.4. The minimum Gasteiger partial charge on any atom is -0.493 e. The fourth-order valence-electron chi connectivity index (χ4n) is 2.99. The van der Waals surface area contributed by atoms with Crippen molar-refractivity contribution in [3.05, 3.63) is 99.7 Å². The maximum atomic E-state index is 12.4. The third-order valence-corrected chi connectivity index (χ3v) is 4.94. The Balaban J connectivity index is 1.56. The monoisotopic (exact) mass is 447 g/mol. The predicted octanol–water partition coefficient (Wildman–Crippen LogP) is 5.22. The molecular weight excluding hydrogens is 430 g/mol. The number of aliphatic imine (C=N–C) groups is 1. The fourth-order valence-corrected chi connectivity index (χ4v) is 3.12. The summed E-state index contributed by atoms with van der Waals surface area (Å²) in [5.74, 6) is -0.263. The van der Waals surface area contributed by atoms with Crippen LogP contribution in [-0.4, -0.2) is 24.9 Å². The van der Waals surface area contributed by atoms with Crippen molar-refractivity contribution in [2.75, 3.05) is 7.11 Å². The Bertz CT molecular complexity index is 1240. The van der Waals surface area contributed by atoms with E-state index in [0.717, 1.165) is 11.1 Å². The Morgan fingerprint density at radius 1 is 1.00 bits per heavy atom. The highest BCUT2D eigenvalue weighted by Gasteiger charge is 2.24. The van der Waals surface area contributed by atoms with E-state index < -0.39 is 11.9 Å². The van der Waals surface area contributed by atoms with Gasteiger partial charge in [-0.3, -0.25) is 0 Å². The summed E-state index contributed by atoms with van der Waals surface area (Å²) in [6.45, 7) is 1.97. The van der Waals surface area contributed by atoms with Gasteiger partial charge >= 0.3 is 11.9 Å². The van der Waals surface area contributed by atoms with Crippen molar-refractivity contribution in [1.82, 2.24) is 0 Å². The lowest BCUT2D eigenvalue weighted by Crippen LogP contribution is -2.09. The lowest BCUT2D eigenvalue weighted by Gasteiger charge is -2.10. The summed E-state index contributed by atoms with van der Waals surface area (Å²) in [6.07, 6.45) is 1.58. The first-order valence-electron chi connectivity index (χ1n) is 9.68. The van der Waals surface area contributed by atoms with Crippen molar-refractivity contribution in [2.45, 2.75) is 6.92 Å². The van der Waals surface area contributed by atoms with Crippen molar-refractivity contribution in [1.29, 1.82) is 0 Å². The smallest absolute Gasteiger partial charge is 0.363 e. The van der Waals surface area contributed by atoms with Gasteiger partial charge in [0.05, 0.1) is 12.7 Å². The van der Waals surface area contributed by atoms with Crippen LogP contribution in [0.2, 0.25) is 5.02 Å². The number of halogens is 1. The third kappa shape index (κ3) is 4.71. The fraction of sp³-hybridized carbons (Fsp3) is 0.0800. The minimum absolute atomic E-state index is 0.161. The van der Waals surface area contributed by atoms with Crippen LogP contribution >= 0.6 is 11.6 Å². The number of esters is 2. The van der Waals surface area contributed by atoms with Crippen LogP contribution in [-0.2, 0) is 9.53 Å². The number of rotatable bonds is 5. The number of benzene rings is 3. The maximum Gasteiger partial charge on any atom is 0.363 e. The molecule has 1 aliphatic rings. The Kier molecular flexibility index (Phi) is 6.05. The first kappa shape index (κ1) is 21.3. The molecule has 0 bridgehead atoms. The molecule has 1 heterocycles. The van der Waals surface area contributed by atoms with Crippen LogP contribution in [0.15, 0.2) is 77.4 Å². The van der Waals surface area contributed by atoms with Crippen LogP contribution in [0.25, 0.3) is 6.08 Å². The molecule has 160 valence electrons. The van der Waals surface area contributed by atoms with E-state index in [1.807, 2.05) is 31.2 Å². The van der Waals surface area contributed by atoms with E-state index in [4.69, 9.17) is 25.8 Å². The lowest BCUT2D eigenvalue weighted by molar-refractivity contribution is -0.129. The van der Waals surface area contributed by atoms with E-state index in [0.29, 0.717) is 21.9 Å². The zero-order valence-corrected chi connectivity index (χ0v) is 18.1. The number of aryl methyl sites for hydroxylation is 1. The summed E-state index contributed by atoms with van der Waals surface area (Å²) in [4.78, 5) is 28.9. The minimum atomic E-state index is -0.544. The molecule has 4 rings (SSSR count). The number of hydrogen-bond acceptors (Lipinski definition) is 6. The summed E-state index contributed by atoms with van der Waals surface area (Å²) in [7, 11) is 1.46. The van der Waals surface area contributed by atoms with Crippen molar-refractivity contribution >= 4 is 35.5 Å². The summed E-state index contributed by atoms with van der Waals surface area (Å²) < 4.78 is 16.1. The summed E-state index contributed by atoms with van der Waals surface area (Å²) in [5, 5.41) is 0.523. The predicted molar refractivity (Wildman–Crippen MR) is 121 cm³/mol. The molecule has 0 fully saturated rings. The molecular formula is C25H18ClNO5. The van der Waals surface area contributed by atoms with Gasteiger partial charge in [-0.2, -0.15) is 0 Å². The maximum absolute atomic E-state index is 12.4. The number of ether oxygens (including phenoxy) is 3. The normalized spacial score (nSPS) is 14.2. The molecule has 0 saturated heterocycles. The molecule has 0 radical (unpaired) electrons. The molecule has 0 amide bonds. The summed E-state index contributed by atoms with van der Waals surface area (Å²) in [6, 6.07) is 18.8. The number of carbonyl (C=O) groups excluding carboxylic acids is 2. The number of carbonyl (C=O) groups is 2.